The van der Waals surface area contributed by atoms with Gasteiger partial charge in [0.1, 0.15) is 5.82 Å². The first kappa shape index (κ1) is 18.0. The molecule has 0 bridgehead atoms. The second-order valence-corrected chi connectivity index (χ2v) is 5.66. The number of rotatable bonds is 6. The molecule has 0 spiro atoms. The van der Waals surface area contributed by atoms with Gasteiger partial charge in [0.15, 0.2) is 0 Å². The molecular weight excluding hydrogens is 345 g/mol. The van der Waals surface area contributed by atoms with Gasteiger partial charge in [-0.25, -0.2) is 13.2 Å². The smallest absolute Gasteiger partial charge is 0.277 e. The van der Waals surface area contributed by atoms with Crippen LogP contribution in [-0.2, 0) is 4.79 Å². The van der Waals surface area contributed by atoms with E-state index in [-0.39, 0.29) is 22.3 Å². The number of hydrogen-bond donors (Lipinski definition) is 4. The van der Waals surface area contributed by atoms with E-state index in [1.165, 1.54) is 6.07 Å². The summed E-state index contributed by atoms with van der Waals surface area (Å²) in [5.74, 6) is -1.42. The van der Waals surface area contributed by atoms with Crippen LogP contribution in [0.5, 0.6) is 0 Å². The quantitative estimate of drug-likeness (QED) is 0.463. The van der Waals surface area contributed by atoms with Gasteiger partial charge in [0.2, 0.25) is 0 Å². The van der Waals surface area contributed by atoms with Gasteiger partial charge in [-0.15, -0.1) is 0 Å². The molecule has 1 aliphatic rings. The molecule has 1 saturated carbocycles. The van der Waals surface area contributed by atoms with Crippen LogP contribution in [0.15, 0.2) is 35.7 Å². The van der Waals surface area contributed by atoms with Crippen LogP contribution in [0, 0.1) is 5.82 Å². The van der Waals surface area contributed by atoms with E-state index in [0.717, 1.165) is 31.2 Å². The van der Waals surface area contributed by atoms with Crippen LogP contribution in [0.3, 0.4) is 0 Å². The van der Waals surface area contributed by atoms with Gasteiger partial charge in [-0.2, -0.15) is 0 Å². The van der Waals surface area contributed by atoms with Crippen molar-refractivity contribution in [2.45, 2.75) is 25.3 Å². The van der Waals surface area contributed by atoms with Crippen LogP contribution >= 0.6 is 11.6 Å². The van der Waals surface area contributed by atoms with E-state index in [1.807, 2.05) is 0 Å². The zero-order valence-corrected chi connectivity index (χ0v) is 13.2. The molecule has 1 amide bonds. The normalized spacial score (nSPS) is 15.5. The van der Waals surface area contributed by atoms with E-state index in [0.29, 0.717) is 5.69 Å². The summed E-state index contributed by atoms with van der Waals surface area (Å²) in [5, 5.41) is 5.32. The molecule has 130 valence electrons. The van der Waals surface area contributed by atoms with E-state index >= 15 is 0 Å². The Morgan fingerprint density at radius 1 is 1.33 bits per heavy atom. The van der Waals surface area contributed by atoms with Gasteiger partial charge in [-0.3, -0.25) is 4.79 Å². The number of allylic oxidation sites excluding steroid dienone is 1. The monoisotopic (exact) mass is 360 g/mol. The Morgan fingerprint density at radius 3 is 2.54 bits per heavy atom. The average Bonchev–Trinajstić information content (AvgIpc) is 3.33. The SMILES string of the molecule is N/C=C(\C=C(/N)C(F)F)C(=O)Nc1cc(Cl)c(F)cc1NC1CC1. The highest BCUT2D eigenvalue weighted by Gasteiger charge is 2.23. The van der Waals surface area contributed by atoms with Crippen molar-refractivity contribution in [3.8, 4) is 0 Å². The van der Waals surface area contributed by atoms with Crippen LogP contribution in [0.2, 0.25) is 5.02 Å². The van der Waals surface area contributed by atoms with Gasteiger partial charge in [0.25, 0.3) is 12.3 Å². The Bertz CT molecular complexity index is 702. The Hall–Kier alpha value is -2.35. The van der Waals surface area contributed by atoms with Gasteiger partial charge in [-0.1, -0.05) is 11.6 Å². The summed E-state index contributed by atoms with van der Waals surface area (Å²) < 4.78 is 38.6. The number of alkyl halides is 2. The number of carbonyl (C=O) groups excluding carboxylic acids is 1. The lowest BCUT2D eigenvalue weighted by molar-refractivity contribution is -0.112. The molecule has 9 heteroatoms. The molecule has 0 saturated heterocycles. The molecule has 24 heavy (non-hydrogen) atoms. The number of hydrogen-bond acceptors (Lipinski definition) is 4. The number of amides is 1. The highest BCUT2D eigenvalue weighted by Crippen LogP contribution is 2.33. The first-order valence-electron chi connectivity index (χ1n) is 7.06. The number of nitrogens with one attached hydrogen (secondary N) is 2. The standard InChI is InChI=1S/C15H16ClF3N4O/c16-9-4-12(13(5-10(9)17)22-8-1-2-8)23-15(24)7(6-20)3-11(21)14(18)19/h3-6,8,14,22H,1-2,20-21H2,(H,23,24)/b7-6+,11-3-. The van der Waals surface area contributed by atoms with Crippen molar-refractivity contribution in [3.05, 3.63) is 46.5 Å². The molecule has 0 aliphatic heterocycles. The van der Waals surface area contributed by atoms with Crippen molar-refractivity contribution < 1.29 is 18.0 Å². The van der Waals surface area contributed by atoms with Gasteiger partial charge >= 0.3 is 0 Å². The van der Waals surface area contributed by atoms with Crippen LogP contribution < -0.4 is 22.1 Å². The predicted molar refractivity (Wildman–Crippen MR) is 87.2 cm³/mol. The molecule has 1 aromatic rings. The molecule has 0 unspecified atom stereocenters. The minimum absolute atomic E-state index is 0.187. The maximum atomic E-state index is 13.6. The summed E-state index contributed by atoms with van der Waals surface area (Å²) >= 11 is 5.74. The Labute approximate surface area is 141 Å². The second-order valence-electron chi connectivity index (χ2n) is 5.25. The van der Waals surface area contributed by atoms with Crippen molar-refractivity contribution >= 4 is 28.9 Å². The van der Waals surface area contributed by atoms with E-state index in [1.54, 1.807) is 0 Å². The Morgan fingerprint density at radius 2 is 2.00 bits per heavy atom. The van der Waals surface area contributed by atoms with E-state index in [9.17, 15) is 18.0 Å². The third-order valence-corrected chi connectivity index (χ3v) is 3.55. The maximum Gasteiger partial charge on any atom is 0.277 e. The zero-order chi connectivity index (χ0) is 17.9. The largest absolute Gasteiger partial charge is 0.404 e. The van der Waals surface area contributed by atoms with Crippen LogP contribution in [0.1, 0.15) is 12.8 Å². The first-order valence-corrected chi connectivity index (χ1v) is 7.43. The average molecular weight is 361 g/mol. The van der Waals surface area contributed by atoms with Crippen LogP contribution in [-0.4, -0.2) is 18.4 Å². The van der Waals surface area contributed by atoms with Gasteiger partial charge in [-0.05, 0) is 25.0 Å². The van der Waals surface area contributed by atoms with Crippen molar-refractivity contribution in [2.75, 3.05) is 10.6 Å². The summed E-state index contributed by atoms with van der Waals surface area (Å²) in [4.78, 5) is 12.2. The Kier molecular flexibility index (Phi) is 5.61. The van der Waals surface area contributed by atoms with E-state index < -0.39 is 23.8 Å². The summed E-state index contributed by atoms with van der Waals surface area (Å²) in [6.45, 7) is 0. The fraction of sp³-hybridized carbons (Fsp3) is 0.267. The molecule has 1 fully saturated rings. The summed E-state index contributed by atoms with van der Waals surface area (Å²) in [6, 6.07) is 2.58. The molecule has 1 aliphatic carbocycles. The lowest BCUT2D eigenvalue weighted by Gasteiger charge is -2.14. The number of anilines is 2. The van der Waals surface area contributed by atoms with E-state index in [2.05, 4.69) is 10.6 Å². The van der Waals surface area contributed by atoms with Gasteiger partial charge in [0, 0.05) is 18.3 Å². The summed E-state index contributed by atoms with van der Waals surface area (Å²) in [7, 11) is 0. The number of nitrogens with two attached hydrogens (primary N) is 2. The molecular formula is C15H16ClF3N4O. The van der Waals surface area contributed by atoms with Crippen molar-refractivity contribution in [1.29, 1.82) is 0 Å². The molecule has 1 aromatic carbocycles. The van der Waals surface area contributed by atoms with Crippen molar-refractivity contribution in [2.24, 2.45) is 11.5 Å². The highest BCUT2D eigenvalue weighted by molar-refractivity contribution is 6.31. The number of carbonyl (C=O) groups is 1. The first-order chi connectivity index (χ1) is 11.3. The van der Waals surface area contributed by atoms with Crippen molar-refractivity contribution in [3.63, 3.8) is 0 Å². The fourth-order valence-corrected chi connectivity index (χ4v) is 2.01. The molecule has 2 rings (SSSR count). The minimum Gasteiger partial charge on any atom is -0.404 e. The molecule has 0 heterocycles. The highest BCUT2D eigenvalue weighted by atomic mass is 35.5. The lowest BCUT2D eigenvalue weighted by Crippen LogP contribution is -2.18. The maximum absolute atomic E-state index is 13.6. The van der Waals surface area contributed by atoms with E-state index in [4.69, 9.17) is 23.1 Å². The van der Waals surface area contributed by atoms with Crippen LogP contribution in [0.25, 0.3) is 0 Å². The third-order valence-electron chi connectivity index (χ3n) is 3.26. The number of halogens is 4. The van der Waals surface area contributed by atoms with Crippen LogP contribution in [0.4, 0.5) is 24.5 Å². The molecule has 5 nitrogen and oxygen atoms in total. The summed E-state index contributed by atoms with van der Waals surface area (Å²) in [6.07, 6.45) is 0.571. The fourth-order valence-electron chi connectivity index (χ4n) is 1.84. The van der Waals surface area contributed by atoms with Gasteiger partial charge in [0.05, 0.1) is 27.7 Å². The Balaban J connectivity index is 2.23. The second kappa shape index (κ2) is 7.48. The third kappa shape index (κ3) is 4.58. The summed E-state index contributed by atoms with van der Waals surface area (Å²) in [5.41, 5.74) is 9.91. The van der Waals surface area contributed by atoms with Crippen molar-refractivity contribution in [1.82, 2.24) is 0 Å². The lowest BCUT2D eigenvalue weighted by atomic mass is 10.2. The number of benzene rings is 1. The van der Waals surface area contributed by atoms with Gasteiger partial charge < -0.3 is 22.1 Å². The molecule has 0 aromatic heterocycles. The predicted octanol–water partition coefficient (Wildman–Crippen LogP) is 2.94. The minimum atomic E-state index is -2.92. The molecule has 6 N–H and O–H groups in total. The molecule has 0 atom stereocenters. The topological polar surface area (TPSA) is 93.2 Å². The molecule has 0 radical (unpaired) electrons. The zero-order valence-electron chi connectivity index (χ0n) is 12.5.